The highest BCUT2D eigenvalue weighted by molar-refractivity contribution is 6.01. The molecule has 0 saturated heterocycles. The second-order valence-corrected chi connectivity index (χ2v) is 3.84. The summed E-state index contributed by atoms with van der Waals surface area (Å²) in [7, 11) is 1.60. The van der Waals surface area contributed by atoms with Gasteiger partial charge < -0.3 is 9.84 Å². The normalized spacial score (nSPS) is 16.4. The van der Waals surface area contributed by atoms with E-state index in [9.17, 15) is 9.90 Å². The summed E-state index contributed by atoms with van der Waals surface area (Å²) >= 11 is 0. The molecule has 3 heteroatoms. The predicted octanol–water partition coefficient (Wildman–Crippen LogP) is 2.72. The van der Waals surface area contributed by atoms with Crippen LogP contribution in [0.1, 0.15) is 24.8 Å². The highest BCUT2D eigenvalue weighted by Gasteiger charge is 2.20. The molecule has 1 aliphatic rings. The SMILES string of the molecule is COc1cccc(C2=C(O)C(=O)CCC2)c1. The summed E-state index contributed by atoms with van der Waals surface area (Å²) in [6.07, 6.45) is 1.99. The van der Waals surface area contributed by atoms with Crippen molar-refractivity contribution in [1.29, 1.82) is 0 Å². The van der Waals surface area contributed by atoms with Gasteiger partial charge in [0.2, 0.25) is 0 Å². The van der Waals surface area contributed by atoms with Crippen molar-refractivity contribution in [2.24, 2.45) is 0 Å². The van der Waals surface area contributed by atoms with Crippen molar-refractivity contribution in [3.8, 4) is 5.75 Å². The fourth-order valence-corrected chi connectivity index (χ4v) is 1.92. The number of rotatable bonds is 2. The van der Waals surface area contributed by atoms with Gasteiger partial charge in [-0.15, -0.1) is 0 Å². The zero-order valence-corrected chi connectivity index (χ0v) is 9.19. The average molecular weight is 218 g/mol. The van der Waals surface area contributed by atoms with E-state index >= 15 is 0 Å². The number of hydrogen-bond acceptors (Lipinski definition) is 3. The summed E-state index contributed by atoms with van der Waals surface area (Å²) in [4.78, 5) is 11.4. The molecule has 1 aliphatic carbocycles. The van der Waals surface area contributed by atoms with Gasteiger partial charge in [-0.05, 0) is 30.5 Å². The van der Waals surface area contributed by atoms with Gasteiger partial charge in [-0.3, -0.25) is 4.79 Å². The van der Waals surface area contributed by atoms with Gasteiger partial charge in [-0.25, -0.2) is 0 Å². The molecule has 0 radical (unpaired) electrons. The Morgan fingerprint density at radius 1 is 1.31 bits per heavy atom. The van der Waals surface area contributed by atoms with Gasteiger partial charge in [-0.1, -0.05) is 12.1 Å². The third-order valence-corrected chi connectivity index (χ3v) is 2.80. The summed E-state index contributed by atoms with van der Waals surface area (Å²) in [5.74, 6) is 0.486. The Hall–Kier alpha value is -1.77. The lowest BCUT2D eigenvalue weighted by atomic mass is 9.91. The number of ketones is 1. The fraction of sp³-hybridized carbons (Fsp3) is 0.308. The van der Waals surface area contributed by atoms with Gasteiger partial charge in [-0.2, -0.15) is 0 Å². The lowest BCUT2D eigenvalue weighted by molar-refractivity contribution is -0.118. The number of methoxy groups -OCH3 is 1. The van der Waals surface area contributed by atoms with Crippen molar-refractivity contribution < 1.29 is 14.6 Å². The number of ether oxygens (including phenoxy) is 1. The summed E-state index contributed by atoms with van der Waals surface area (Å²) < 4.78 is 5.12. The van der Waals surface area contributed by atoms with E-state index in [0.29, 0.717) is 6.42 Å². The molecule has 1 aromatic carbocycles. The van der Waals surface area contributed by atoms with E-state index in [0.717, 1.165) is 29.7 Å². The van der Waals surface area contributed by atoms with E-state index in [1.165, 1.54) is 0 Å². The van der Waals surface area contributed by atoms with E-state index in [1.54, 1.807) is 7.11 Å². The first-order valence-electron chi connectivity index (χ1n) is 5.32. The molecule has 16 heavy (non-hydrogen) atoms. The Kier molecular flexibility index (Phi) is 2.95. The minimum Gasteiger partial charge on any atom is -0.504 e. The van der Waals surface area contributed by atoms with Crippen LogP contribution in [0.2, 0.25) is 0 Å². The minimum absolute atomic E-state index is 0.0838. The number of Topliss-reactive ketones (excluding diaryl/α,β-unsaturated/α-hetero) is 1. The van der Waals surface area contributed by atoms with Crippen molar-refractivity contribution in [3.05, 3.63) is 35.6 Å². The van der Waals surface area contributed by atoms with E-state index in [1.807, 2.05) is 24.3 Å². The van der Waals surface area contributed by atoms with Crippen molar-refractivity contribution >= 4 is 11.4 Å². The molecule has 3 nitrogen and oxygen atoms in total. The first-order chi connectivity index (χ1) is 7.72. The molecule has 0 bridgehead atoms. The Labute approximate surface area is 94.4 Å². The Morgan fingerprint density at radius 3 is 2.88 bits per heavy atom. The molecule has 0 amide bonds. The van der Waals surface area contributed by atoms with Gasteiger partial charge >= 0.3 is 0 Å². The third kappa shape index (κ3) is 1.94. The molecule has 2 rings (SSSR count). The van der Waals surface area contributed by atoms with E-state index < -0.39 is 0 Å². The monoisotopic (exact) mass is 218 g/mol. The Bertz CT molecular complexity index is 446. The summed E-state index contributed by atoms with van der Waals surface area (Å²) in [6.45, 7) is 0. The maximum Gasteiger partial charge on any atom is 0.197 e. The smallest absolute Gasteiger partial charge is 0.197 e. The van der Waals surface area contributed by atoms with Crippen LogP contribution in [0.25, 0.3) is 5.57 Å². The molecule has 0 aromatic heterocycles. The topological polar surface area (TPSA) is 46.5 Å². The average Bonchev–Trinajstić information content (AvgIpc) is 2.33. The summed E-state index contributed by atoms with van der Waals surface area (Å²) in [5.41, 5.74) is 1.60. The van der Waals surface area contributed by atoms with E-state index in [-0.39, 0.29) is 11.5 Å². The van der Waals surface area contributed by atoms with Crippen molar-refractivity contribution in [2.75, 3.05) is 7.11 Å². The number of aliphatic hydroxyl groups excluding tert-OH is 1. The van der Waals surface area contributed by atoms with Crippen molar-refractivity contribution in [1.82, 2.24) is 0 Å². The number of allylic oxidation sites excluding steroid dienone is 2. The molecule has 84 valence electrons. The van der Waals surface area contributed by atoms with E-state index in [2.05, 4.69) is 0 Å². The lowest BCUT2D eigenvalue weighted by Crippen LogP contribution is -2.10. The van der Waals surface area contributed by atoms with Crippen LogP contribution in [-0.2, 0) is 4.79 Å². The molecule has 0 aliphatic heterocycles. The second-order valence-electron chi connectivity index (χ2n) is 3.84. The lowest BCUT2D eigenvalue weighted by Gasteiger charge is -2.15. The summed E-state index contributed by atoms with van der Waals surface area (Å²) in [5, 5.41) is 9.74. The Morgan fingerprint density at radius 2 is 2.12 bits per heavy atom. The zero-order chi connectivity index (χ0) is 11.5. The number of carbonyl (C=O) groups is 1. The molecular formula is C13H14O3. The molecule has 1 aromatic rings. The van der Waals surface area contributed by atoms with Gasteiger partial charge in [0.1, 0.15) is 5.75 Å². The van der Waals surface area contributed by atoms with E-state index in [4.69, 9.17) is 4.74 Å². The van der Waals surface area contributed by atoms with Gasteiger partial charge in [0, 0.05) is 12.0 Å². The second kappa shape index (κ2) is 4.39. The number of benzene rings is 1. The van der Waals surface area contributed by atoms with Crippen LogP contribution in [0.5, 0.6) is 5.75 Å². The quantitative estimate of drug-likeness (QED) is 0.830. The van der Waals surface area contributed by atoms with Crippen LogP contribution in [0.3, 0.4) is 0 Å². The van der Waals surface area contributed by atoms with Crippen LogP contribution in [0, 0.1) is 0 Å². The van der Waals surface area contributed by atoms with Crippen LogP contribution in [-0.4, -0.2) is 18.0 Å². The largest absolute Gasteiger partial charge is 0.504 e. The first-order valence-corrected chi connectivity index (χ1v) is 5.32. The zero-order valence-electron chi connectivity index (χ0n) is 9.19. The van der Waals surface area contributed by atoms with Gasteiger partial charge in [0.15, 0.2) is 11.5 Å². The molecule has 0 fully saturated rings. The molecule has 0 unspecified atom stereocenters. The fourth-order valence-electron chi connectivity index (χ4n) is 1.92. The number of hydrogen-bond donors (Lipinski definition) is 1. The van der Waals surface area contributed by atoms with Crippen molar-refractivity contribution in [3.63, 3.8) is 0 Å². The van der Waals surface area contributed by atoms with Gasteiger partial charge in [0.25, 0.3) is 0 Å². The summed E-state index contributed by atoms with van der Waals surface area (Å²) in [6, 6.07) is 7.41. The number of carbonyl (C=O) groups excluding carboxylic acids is 1. The third-order valence-electron chi connectivity index (χ3n) is 2.80. The molecule has 0 atom stereocenters. The maximum absolute atomic E-state index is 11.4. The molecule has 0 heterocycles. The molecule has 0 spiro atoms. The Balaban J connectivity index is 2.43. The number of aliphatic hydroxyl groups is 1. The van der Waals surface area contributed by atoms with Gasteiger partial charge in [0.05, 0.1) is 7.11 Å². The highest BCUT2D eigenvalue weighted by atomic mass is 16.5. The van der Waals surface area contributed by atoms with Crippen molar-refractivity contribution in [2.45, 2.75) is 19.3 Å². The first kappa shape index (κ1) is 10.7. The van der Waals surface area contributed by atoms with Crippen LogP contribution < -0.4 is 4.74 Å². The van der Waals surface area contributed by atoms with Crippen LogP contribution in [0.15, 0.2) is 30.0 Å². The highest BCUT2D eigenvalue weighted by Crippen LogP contribution is 2.30. The maximum atomic E-state index is 11.4. The molecule has 0 saturated carbocycles. The van der Waals surface area contributed by atoms with Crippen LogP contribution >= 0.6 is 0 Å². The predicted molar refractivity (Wildman–Crippen MR) is 61.4 cm³/mol. The molecular weight excluding hydrogens is 204 g/mol. The molecule has 1 N–H and O–H groups in total. The standard InChI is InChI=1S/C13H14O3/c1-16-10-5-2-4-9(8-10)11-6-3-7-12(14)13(11)15/h2,4-5,8,15H,3,6-7H2,1H3. The minimum atomic E-state index is -0.163. The van der Waals surface area contributed by atoms with Crippen LogP contribution in [0.4, 0.5) is 0 Å².